The molecule has 0 bridgehead atoms. The second-order valence-electron chi connectivity index (χ2n) is 10.5. The number of rotatable bonds is 2. The van der Waals surface area contributed by atoms with Crippen molar-refractivity contribution in [3.05, 3.63) is 47.1 Å². The van der Waals surface area contributed by atoms with Crippen molar-refractivity contribution in [2.24, 2.45) is 17.3 Å². The van der Waals surface area contributed by atoms with Gasteiger partial charge in [0.15, 0.2) is 0 Å². The van der Waals surface area contributed by atoms with E-state index in [1.165, 1.54) is 36.8 Å². The fourth-order valence-electron chi connectivity index (χ4n) is 6.31. The van der Waals surface area contributed by atoms with Crippen LogP contribution in [0.5, 0.6) is 0 Å². The molecule has 30 heavy (non-hydrogen) atoms. The summed E-state index contributed by atoms with van der Waals surface area (Å²) >= 11 is 0. The minimum absolute atomic E-state index is 0.323. The summed E-state index contributed by atoms with van der Waals surface area (Å²) in [6.45, 7) is 7.67. The van der Waals surface area contributed by atoms with E-state index in [2.05, 4.69) is 36.6 Å². The molecular weight excluding hydrogens is 372 g/mol. The molecule has 3 N–H and O–H groups in total. The zero-order valence-electron chi connectivity index (χ0n) is 18.5. The van der Waals surface area contributed by atoms with E-state index < -0.39 is 17.8 Å². The summed E-state index contributed by atoms with van der Waals surface area (Å²) in [5.41, 5.74) is 4.17. The van der Waals surface area contributed by atoms with Gasteiger partial charge < -0.3 is 15.3 Å². The number of hydrogen-bond donors (Lipinski definition) is 3. The summed E-state index contributed by atoms with van der Waals surface area (Å²) in [7, 11) is 0. The molecule has 3 saturated carbocycles. The van der Waals surface area contributed by atoms with Crippen molar-refractivity contribution in [1.82, 2.24) is 0 Å². The maximum absolute atomic E-state index is 10.1. The molecule has 4 rings (SSSR count). The highest BCUT2D eigenvalue weighted by Gasteiger charge is 2.55. The summed E-state index contributed by atoms with van der Waals surface area (Å²) in [6.07, 6.45) is 14.3. The molecule has 0 aromatic heterocycles. The molecule has 3 heteroatoms. The highest BCUT2D eigenvalue weighted by Crippen LogP contribution is 2.64. The normalized spacial score (nSPS) is 38.8. The van der Waals surface area contributed by atoms with Crippen molar-refractivity contribution in [3.8, 4) is 11.8 Å². The largest absolute Gasteiger partial charge is 0.393 e. The Bertz CT molecular complexity index is 857. The van der Waals surface area contributed by atoms with Gasteiger partial charge in [0.25, 0.3) is 0 Å². The van der Waals surface area contributed by atoms with Crippen molar-refractivity contribution in [2.75, 3.05) is 0 Å². The lowest BCUT2D eigenvalue weighted by molar-refractivity contribution is 0.0855. The van der Waals surface area contributed by atoms with Gasteiger partial charge in [-0.2, -0.15) is 0 Å². The second kappa shape index (κ2) is 8.15. The lowest BCUT2D eigenvalue weighted by atomic mass is 9.62. The minimum Gasteiger partial charge on any atom is -0.393 e. The first kappa shape index (κ1) is 21.6. The molecule has 0 radical (unpaired) electrons. The molecule has 0 heterocycles. The topological polar surface area (TPSA) is 60.7 Å². The minimum atomic E-state index is -0.736. The maximum Gasteiger partial charge on any atom is 0.0811 e. The van der Waals surface area contributed by atoms with Gasteiger partial charge in [0.05, 0.1) is 17.8 Å². The summed E-state index contributed by atoms with van der Waals surface area (Å²) in [5.74, 6) is 7.78. The average Bonchev–Trinajstić information content (AvgIpc) is 3.19. The monoisotopic (exact) mass is 408 g/mol. The van der Waals surface area contributed by atoms with E-state index in [9.17, 15) is 15.3 Å². The Morgan fingerprint density at radius 1 is 1.23 bits per heavy atom. The van der Waals surface area contributed by atoms with Crippen LogP contribution in [0.4, 0.5) is 0 Å². The van der Waals surface area contributed by atoms with E-state index in [1.807, 2.05) is 13.8 Å². The van der Waals surface area contributed by atoms with Crippen LogP contribution in [0.3, 0.4) is 0 Å². The number of allylic oxidation sites excluding steroid dienone is 5. The van der Waals surface area contributed by atoms with Crippen LogP contribution in [0.1, 0.15) is 71.6 Å². The maximum atomic E-state index is 10.1. The average molecular weight is 409 g/mol. The summed E-state index contributed by atoms with van der Waals surface area (Å²) in [4.78, 5) is 0. The second-order valence-corrected chi connectivity index (χ2v) is 10.5. The van der Waals surface area contributed by atoms with E-state index in [-0.39, 0.29) is 0 Å². The number of aliphatic hydroxyl groups excluding tert-OH is 2. The first-order valence-corrected chi connectivity index (χ1v) is 11.6. The molecule has 0 aliphatic heterocycles. The van der Waals surface area contributed by atoms with Gasteiger partial charge in [-0.05, 0) is 87.2 Å². The Labute approximate surface area is 181 Å². The standard InChI is InChI=1S/C27H36O3/c1-18-21(16-22(28)17-25(18)29)9-8-19-7-5-14-27-15-12-20(6-4-13-26(2,3)30)24(27)11-10-23(19)27/h8-9,12,22-25,28-30H,1,5,7,10-11,13-17H2,2-3H3/b19-8+,21-9-/t22-,23+,24-,25+,27-/m1/s1. The fourth-order valence-corrected chi connectivity index (χ4v) is 6.31. The molecule has 0 aromatic rings. The summed E-state index contributed by atoms with van der Waals surface area (Å²) in [6, 6.07) is 0. The van der Waals surface area contributed by atoms with Crippen LogP contribution >= 0.6 is 0 Å². The Morgan fingerprint density at radius 3 is 2.77 bits per heavy atom. The highest BCUT2D eigenvalue weighted by molar-refractivity contribution is 5.42. The van der Waals surface area contributed by atoms with Gasteiger partial charge in [-0.25, -0.2) is 0 Å². The molecular formula is C27H36O3. The zero-order chi connectivity index (χ0) is 21.5. The summed E-state index contributed by atoms with van der Waals surface area (Å²) < 4.78 is 0. The Kier molecular flexibility index (Phi) is 5.88. The first-order valence-electron chi connectivity index (χ1n) is 11.6. The molecule has 0 unspecified atom stereocenters. The predicted octanol–water partition coefficient (Wildman–Crippen LogP) is 4.60. The number of hydrogen-bond acceptors (Lipinski definition) is 3. The summed E-state index contributed by atoms with van der Waals surface area (Å²) in [5, 5.41) is 30.1. The smallest absolute Gasteiger partial charge is 0.0811 e. The Morgan fingerprint density at radius 2 is 2.00 bits per heavy atom. The molecule has 162 valence electrons. The van der Waals surface area contributed by atoms with Crippen LogP contribution in [-0.2, 0) is 0 Å². The molecule has 0 saturated heterocycles. The zero-order valence-corrected chi connectivity index (χ0v) is 18.5. The van der Waals surface area contributed by atoms with E-state index in [4.69, 9.17) is 0 Å². The van der Waals surface area contributed by atoms with Gasteiger partial charge in [0.2, 0.25) is 0 Å². The van der Waals surface area contributed by atoms with Crippen molar-refractivity contribution in [3.63, 3.8) is 0 Å². The highest BCUT2D eigenvalue weighted by atomic mass is 16.3. The van der Waals surface area contributed by atoms with Crippen LogP contribution < -0.4 is 0 Å². The van der Waals surface area contributed by atoms with Gasteiger partial charge in [-0.3, -0.25) is 0 Å². The molecule has 4 aliphatic carbocycles. The Balaban J connectivity index is 1.52. The van der Waals surface area contributed by atoms with Crippen LogP contribution in [0.25, 0.3) is 0 Å². The third-order valence-electron chi connectivity index (χ3n) is 7.78. The van der Waals surface area contributed by atoms with Crippen molar-refractivity contribution in [2.45, 2.75) is 89.4 Å². The first-order chi connectivity index (χ1) is 14.2. The van der Waals surface area contributed by atoms with Crippen molar-refractivity contribution in [1.29, 1.82) is 0 Å². The van der Waals surface area contributed by atoms with Crippen LogP contribution in [0.15, 0.2) is 47.1 Å². The quantitative estimate of drug-likeness (QED) is 0.585. The molecule has 4 aliphatic rings. The number of aliphatic hydroxyl groups is 3. The molecule has 3 nitrogen and oxygen atoms in total. The van der Waals surface area contributed by atoms with Crippen molar-refractivity contribution < 1.29 is 15.3 Å². The molecule has 0 aromatic carbocycles. The fraction of sp³-hybridized carbons (Fsp3) is 0.630. The van der Waals surface area contributed by atoms with E-state index >= 15 is 0 Å². The van der Waals surface area contributed by atoms with Crippen molar-refractivity contribution >= 4 is 0 Å². The van der Waals surface area contributed by atoms with Gasteiger partial charge in [-0.1, -0.05) is 42.2 Å². The van der Waals surface area contributed by atoms with Crippen LogP contribution in [-0.4, -0.2) is 33.1 Å². The lowest BCUT2D eigenvalue weighted by Gasteiger charge is -2.42. The van der Waals surface area contributed by atoms with E-state index in [0.717, 1.165) is 24.0 Å². The third kappa shape index (κ3) is 4.11. The van der Waals surface area contributed by atoms with Gasteiger partial charge in [0.1, 0.15) is 0 Å². The lowest BCUT2D eigenvalue weighted by Crippen LogP contribution is -2.33. The van der Waals surface area contributed by atoms with Gasteiger partial charge in [0, 0.05) is 18.4 Å². The molecule has 0 amide bonds. The third-order valence-corrected chi connectivity index (χ3v) is 7.78. The van der Waals surface area contributed by atoms with Gasteiger partial charge in [-0.15, -0.1) is 0 Å². The van der Waals surface area contributed by atoms with Gasteiger partial charge >= 0.3 is 0 Å². The SMILES string of the molecule is C=C1/C(=C\C=C2/CCC[C@]34CC=C(C#CCC(C)(C)O)[C@H]3CC[C@@H]24)C[C@@H](O)C[C@@H]1O. The molecule has 1 spiro atoms. The van der Waals surface area contributed by atoms with E-state index in [1.54, 1.807) is 0 Å². The van der Waals surface area contributed by atoms with Crippen LogP contribution in [0, 0.1) is 29.1 Å². The Hall–Kier alpha value is -1.60. The van der Waals surface area contributed by atoms with E-state index in [0.29, 0.717) is 36.5 Å². The predicted molar refractivity (Wildman–Crippen MR) is 120 cm³/mol. The van der Waals surface area contributed by atoms with Crippen LogP contribution in [0.2, 0.25) is 0 Å². The molecule has 5 atom stereocenters. The molecule has 3 fully saturated rings.